The van der Waals surface area contributed by atoms with Gasteiger partial charge in [0.2, 0.25) is 5.58 Å². The molecular formula is C20H25F3N4O4. The number of piperazine rings is 1. The van der Waals surface area contributed by atoms with Gasteiger partial charge in [0.25, 0.3) is 5.56 Å². The number of anilines is 1. The second kappa shape index (κ2) is 9.63. The van der Waals surface area contributed by atoms with Crippen molar-refractivity contribution in [3.05, 3.63) is 38.2 Å². The largest absolute Gasteiger partial charge is 0.417 e. The van der Waals surface area contributed by atoms with Gasteiger partial charge >= 0.3 is 17.9 Å². The van der Waals surface area contributed by atoms with Crippen molar-refractivity contribution in [2.75, 3.05) is 37.6 Å². The number of non-ortho nitro benzene ring substituents is 1. The summed E-state index contributed by atoms with van der Waals surface area (Å²) in [5.41, 5.74) is -3.67. The van der Waals surface area contributed by atoms with Crippen LogP contribution in [0.15, 0.2) is 21.3 Å². The van der Waals surface area contributed by atoms with Crippen molar-refractivity contribution < 1.29 is 22.5 Å². The first-order chi connectivity index (χ1) is 14.7. The number of hydrogen-bond donors (Lipinski definition) is 0. The van der Waals surface area contributed by atoms with Crippen LogP contribution in [0.5, 0.6) is 0 Å². The number of fused-ring (bicyclic) bond motifs is 1. The van der Waals surface area contributed by atoms with E-state index in [0.29, 0.717) is 38.3 Å². The van der Waals surface area contributed by atoms with Gasteiger partial charge in [-0.25, -0.2) is 0 Å². The van der Waals surface area contributed by atoms with Gasteiger partial charge in [-0.15, -0.1) is 0 Å². The van der Waals surface area contributed by atoms with Crippen molar-refractivity contribution in [1.29, 1.82) is 0 Å². The molecule has 1 aliphatic rings. The summed E-state index contributed by atoms with van der Waals surface area (Å²) in [7, 11) is 0. The summed E-state index contributed by atoms with van der Waals surface area (Å²) in [4.78, 5) is 30.5. The second-order valence-electron chi connectivity index (χ2n) is 7.67. The Balaban J connectivity index is 1.78. The van der Waals surface area contributed by atoms with Gasteiger partial charge in [0.05, 0.1) is 15.9 Å². The minimum Gasteiger partial charge on any atom is -0.417 e. The first kappa shape index (κ1) is 23.0. The molecule has 0 N–H and O–H groups in total. The van der Waals surface area contributed by atoms with Gasteiger partial charge in [-0.05, 0) is 19.0 Å². The average molecular weight is 442 g/mol. The molecule has 0 aliphatic carbocycles. The highest BCUT2D eigenvalue weighted by molar-refractivity contribution is 5.86. The van der Waals surface area contributed by atoms with Crippen LogP contribution >= 0.6 is 0 Å². The summed E-state index contributed by atoms with van der Waals surface area (Å²) in [6.07, 6.45) is 1.10. The molecule has 0 spiro atoms. The molecule has 8 nitrogen and oxygen atoms in total. The third kappa shape index (κ3) is 5.52. The van der Waals surface area contributed by atoms with Crippen LogP contribution in [0.2, 0.25) is 0 Å². The number of hydrogen-bond acceptors (Lipinski definition) is 7. The molecule has 0 atom stereocenters. The van der Waals surface area contributed by atoms with E-state index in [2.05, 4.69) is 16.8 Å². The number of alkyl halides is 3. The molecule has 31 heavy (non-hydrogen) atoms. The van der Waals surface area contributed by atoms with E-state index < -0.39 is 38.9 Å². The van der Waals surface area contributed by atoms with E-state index in [-0.39, 0.29) is 6.01 Å². The maximum atomic E-state index is 13.1. The van der Waals surface area contributed by atoms with Crippen molar-refractivity contribution in [3.8, 4) is 0 Å². The van der Waals surface area contributed by atoms with Crippen LogP contribution < -0.4 is 10.5 Å². The maximum absolute atomic E-state index is 13.1. The fourth-order valence-corrected chi connectivity index (χ4v) is 3.68. The van der Waals surface area contributed by atoms with Crippen molar-refractivity contribution >= 4 is 22.7 Å². The van der Waals surface area contributed by atoms with Gasteiger partial charge in [-0.2, -0.15) is 18.2 Å². The number of nitrogens with zero attached hydrogens (tertiary/aromatic N) is 4. The molecule has 1 fully saturated rings. The van der Waals surface area contributed by atoms with Crippen molar-refractivity contribution in [3.63, 3.8) is 0 Å². The first-order valence-corrected chi connectivity index (χ1v) is 10.4. The number of halogens is 3. The Bertz CT molecular complexity index is 985. The molecule has 170 valence electrons. The zero-order valence-corrected chi connectivity index (χ0v) is 17.3. The second-order valence-corrected chi connectivity index (χ2v) is 7.67. The monoisotopic (exact) mass is 442 g/mol. The summed E-state index contributed by atoms with van der Waals surface area (Å²) in [6.45, 7) is 5.58. The van der Waals surface area contributed by atoms with Crippen LogP contribution in [-0.4, -0.2) is 47.5 Å². The molecule has 2 heterocycles. The van der Waals surface area contributed by atoms with Crippen LogP contribution in [0.1, 0.15) is 44.6 Å². The Morgan fingerprint density at radius 1 is 1.13 bits per heavy atom. The SMILES string of the molecule is CCCCCCCN1CCN(c2nc(=O)c3cc(C(F)(F)F)cc([N+](=O)[O-])c3o2)CC1. The maximum Gasteiger partial charge on any atom is 0.416 e. The molecule has 0 radical (unpaired) electrons. The molecule has 1 aromatic carbocycles. The Morgan fingerprint density at radius 2 is 1.81 bits per heavy atom. The molecular weight excluding hydrogens is 417 g/mol. The lowest BCUT2D eigenvalue weighted by Crippen LogP contribution is -2.47. The molecule has 3 rings (SSSR count). The van der Waals surface area contributed by atoms with Crippen LogP contribution in [0.25, 0.3) is 11.0 Å². The fourth-order valence-electron chi connectivity index (χ4n) is 3.68. The minimum atomic E-state index is -4.84. The smallest absolute Gasteiger partial charge is 0.416 e. The highest BCUT2D eigenvalue weighted by atomic mass is 19.4. The Morgan fingerprint density at radius 3 is 2.42 bits per heavy atom. The van der Waals surface area contributed by atoms with Crippen LogP contribution in [0, 0.1) is 10.1 Å². The van der Waals surface area contributed by atoms with E-state index in [1.807, 2.05) is 0 Å². The molecule has 11 heteroatoms. The summed E-state index contributed by atoms with van der Waals surface area (Å²) >= 11 is 0. The minimum absolute atomic E-state index is 0.108. The Kier molecular flexibility index (Phi) is 7.14. The summed E-state index contributed by atoms with van der Waals surface area (Å²) < 4.78 is 44.7. The lowest BCUT2D eigenvalue weighted by Gasteiger charge is -2.34. The normalized spacial score (nSPS) is 15.5. The van der Waals surface area contributed by atoms with Crippen molar-refractivity contribution in [1.82, 2.24) is 9.88 Å². The number of aromatic nitrogens is 1. The molecule has 0 unspecified atom stereocenters. The molecule has 2 aromatic rings. The Hall–Kier alpha value is -2.69. The quantitative estimate of drug-likeness (QED) is 0.344. The van der Waals surface area contributed by atoms with Gasteiger partial charge in [0.1, 0.15) is 0 Å². The number of rotatable bonds is 8. The van der Waals surface area contributed by atoms with Gasteiger partial charge in [-0.3, -0.25) is 19.8 Å². The Labute approximate surface area is 176 Å². The van der Waals surface area contributed by atoms with E-state index in [1.54, 1.807) is 4.90 Å². The van der Waals surface area contributed by atoms with Gasteiger partial charge in [0.15, 0.2) is 0 Å². The van der Waals surface area contributed by atoms with Gasteiger partial charge in [-0.1, -0.05) is 32.6 Å². The molecule has 0 amide bonds. The lowest BCUT2D eigenvalue weighted by molar-refractivity contribution is -0.383. The molecule has 1 aliphatic heterocycles. The van der Waals surface area contributed by atoms with Crippen LogP contribution in [-0.2, 0) is 6.18 Å². The molecule has 1 saturated heterocycles. The van der Waals surface area contributed by atoms with E-state index in [0.717, 1.165) is 13.0 Å². The van der Waals surface area contributed by atoms with E-state index in [9.17, 15) is 28.1 Å². The van der Waals surface area contributed by atoms with Gasteiger partial charge < -0.3 is 9.32 Å². The predicted octanol–water partition coefficient (Wildman–Crippen LogP) is 4.21. The number of benzene rings is 1. The van der Waals surface area contributed by atoms with Gasteiger partial charge in [0, 0.05) is 32.2 Å². The molecule has 0 bridgehead atoms. The summed E-state index contributed by atoms with van der Waals surface area (Å²) in [5, 5.41) is 10.8. The summed E-state index contributed by atoms with van der Waals surface area (Å²) in [6, 6.07) is 0.815. The highest BCUT2D eigenvalue weighted by Gasteiger charge is 2.35. The number of nitro groups is 1. The third-order valence-electron chi connectivity index (χ3n) is 5.44. The van der Waals surface area contributed by atoms with E-state index in [1.165, 1.54) is 25.7 Å². The first-order valence-electron chi connectivity index (χ1n) is 10.4. The number of nitro benzene ring substituents is 1. The predicted molar refractivity (Wildman–Crippen MR) is 109 cm³/mol. The zero-order valence-electron chi connectivity index (χ0n) is 17.3. The van der Waals surface area contributed by atoms with Crippen LogP contribution in [0.4, 0.5) is 24.9 Å². The average Bonchev–Trinajstić information content (AvgIpc) is 2.72. The lowest BCUT2D eigenvalue weighted by atomic mass is 10.1. The van der Waals surface area contributed by atoms with Crippen LogP contribution in [0.3, 0.4) is 0 Å². The molecule has 0 saturated carbocycles. The van der Waals surface area contributed by atoms with Crippen molar-refractivity contribution in [2.24, 2.45) is 0 Å². The number of unbranched alkanes of at least 4 members (excludes halogenated alkanes) is 4. The molecule has 1 aromatic heterocycles. The third-order valence-corrected chi connectivity index (χ3v) is 5.44. The van der Waals surface area contributed by atoms with E-state index >= 15 is 0 Å². The topological polar surface area (TPSA) is 92.7 Å². The summed E-state index contributed by atoms with van der Waals surface area (Å²) in [5.74, 6) is 0. The zero-order chi connectivity index (χ0) is 22.6. The highest BCUT2D eigenvalue weighted by Crippen LogP contribution is 2.36. The fraction of sp³-hybridized carbons (Fsp3) is 0.600. The van der Waals surface area contributed by atoms with E-state index in [4.69, 9.17) is 4.42 Å². The van der Waals surface area contributed by atoms with Crippen molar-refractivity contribution in [2.45, 2.75) is 45.2 Å². The standard InChI is InChI=1S/C20H25F3N4O4/c1-2-3-4-5-6-7-25-8-10-26(11-9-25)19-24-18(28)15-12-14(20(21,22)23)13-16(27(29)30)17(15)31-19/h12-13H,2-11H2,1H3.